The third kappa shape index (κ3) is 3.65. The van der Waals surface area contributed by atoms with Crippen molar-refractivity contribution in [2.45, 2.75) is 34.1 Å². The Bertz CT molecular complexity index is 1490. The largest absolute Gasteiger partial charge is 0.303 e. The van der Waals surface area contributed by atoms with Crippen molar-refractivity contribution >= 4 is 11.4 Å². The topological polar surface area (TPSA) is 52.2 Å². The zero-order chi connectivity index (χ0) is 23.1. The van der Waals surface area contributed by atoms with Gasteiger partial charge in [-0.15, -0.1) is 0 Å². The molecule has 0 saturated carbocycles. The Labute approximate surface area is 193 Å². The summed E-state index contributed by atoms with van der Waals surface area (Å²) in [6.07, 6.45) is 2.30. The summed E-state index contributed by atoms with van der Waals surface area (Å²) < 4.78 is 3.91. The highest BCUT2D eigenvalue weighted by atomic mass is 16.1. The van der Waals surface area contributed by atoms with Crippen LogP contribution in [-0.4, -0.2) is 24.9 Å². The van der Waals surface area contributed by atoms with Gasteiger partial charge in [-0.3, -0.25) is 4.79 Å². The molecular weight excluding hydrogens is 408 g/mol. The average molecular weight is 435 g/mol. The number of carbonyl (C=O) groups is 1. The molecule has 5 aromatic rings. The van der Waals surface area contributed by atoms with E-state index in [0.29, 0.717) is 5.56 Å². The normalized spacial score (nSPS) is 11.3. The Kier molecular flexibility index (Phi) is 5.17. The molecule has 5 rings (SSSR count). The molecule has 0 aliphatic carbocycles. The zero-order valence-electron chi connectivity index (χ0n) is 19.3. The summed E-state index contributed by atoms with van der Waals surface area (Å²) in [4.78, 5) is 18.6. The van der Waals surface area contributed by atoms with Gasteiger partial charge in [0.2, 0.25) is 0 Å². The summed E-state index contributed by atoms with van der Waals surface area (Å²) >= 11 is 0. The second kappa shape index (κ2) is 8.17. The second-order valence-electron chi connectivity index (χ2n) is 8.55. The summed E-state index contributed by atoms with van der Waals surface area (Å²) in [5.41, 5.74) is 9.13. The van der Waals surface area contributed by atoms with E-state index in [1.54, 1.807) is 0 Å². The van der Waals surface area contributed by atoms with Gasteiger partial charge in [0.1, 0.15) is 5.65 Å². The molecule has 5 nitrogen and oxygen atoms in total. The maximum atomic E-state index is 13.7. The number of nitrogens with zero attached hydrogens (tertiary/aromatic N) is 4. The van der Waals surface area contributed by atoms with Crippen molar-refractivity contribution < 1.29 is 4.79 Å². The highest BCUT2D eigenvalue weighted by Crippen LogP contribution is 2.29. The molecule has 0 aliphatic rings. The third-order valence-corrected chi connectivity index (χ3v) is 6.16. The van der Waals surface area contributed by atoms with Crippen LogP contribution in [0, 0.1) is 27.7 Å². The average Bonchev–Trinajstić information content (AvgIpc) is 3.31. The van der Waals surface area contributed by atoms with Crippen LogP contribution in [0.2, 0.25) is 0 Å². The zero-order valence-corrected chi connectivity index (χ0v) is 19.3. The molecule has 3 aromatic heterocycles. The molecule has 3 heterocycles. The number of Topliss-reactive ketones (excluding diaryl/α,β-unsaturated/α-hetero) is 1. The quantitative estimate of drug-likeness (QED) is 0.326. The summed E-state index contributed by atoms with van der Waals surface area (Å²) in [6, 6.07) is 22.2. The molecule has 0 spiro atoms. The van der Waals surface area contributed by atoms with Crippen LogP contribution >= 0.6 is 0 Å². The number of fused-ring (bicyclic) bond motifs is 1. The van der Waals surface area contributed by atoms with Crippen molar-refractivity contribution in [1.82, 2.24) is 19.2 Å². The molecule has 2 aromatic carbocycles. The molecule has 0 fully saturated rings. The molecule has 0 atom stereocenters. The van der Waals surface area contributed by atoms with Crippen molar-refractivity contribution in [1.29, 1.82) is 0 Å². The van der Waals surface area contributed by atoms with Crippen LogP contribution < -0.4 is 0 Å². The first-order chi connectivity index (χ1) is 15.9. The van der Waals surface area contributed by atoms with Gasteiger partial charge in [-0.25, -0.2) is 9.67 Å². The monoisotopic (exact) mass is 434 g/mol. The molecule has 0 N–H and O–H groups in total. The van der Waals surface area contributed by atoms with Gasteiger partial charge in [0.05, 0.1) is 40.4 Å². The lowest BCUT2D eigenvalue weighted by Gasteiger charge is -2.09. The van der Waals surface area contributed by atoms with E-state index >= 15 is 0 Å². The summed E-state index contributed by atoms with van der Waals surface area (Å²) in [5.74, 6) is 0.0466. The number of hydrogen-bond acceptors (Lipinski definition) is 3. The van der Waals surface area contributed by atoms with Gasteiger partial charge in [0.25, 0.3) is 0 Å². The summed E-state index contributed by atoms with van der Waals surface area (Å²) in [6.45, 7) is 7.99. The van der Waals surface area contributed by atoms with Crippen LogP contribution in [0.15, 0.2) is 72.9 Å². The van der Waals surface area contributed by atoms with E-state index in [-0.39, 0.29) is 12.2 Å². The number of benzene rings is 2. The van der Waals surface area contributed by atoms with Crippen molar-refractivity contribution in [2.75, 3.05) is 0 Å². The van der Waals surface area contributed by atoms with E-state index in [1.807, 2.05) is 73.1 Å². The first-order valence-corrected chi connectivity index (χ1v) is 11.1. The van der Waals surface area contributed by atoms with Crippen molar-refractivity contribution in [3.05, 3.63) is 107 Å². The lowest BCUT2D eigenvalue weighted by atomic mass is 9.99. The number of para-hydroxylation sites is 1. The molecular formula is C28H26N4O. The van der Waals surface area contributed by atoms with Gasteiger partial charge in [-0.05, 0) is 57.0 Å². The van der Waals surface area contributed by atoms with E-state index in [2.05, 4.69) is 41.7 Å². The highest BCUT2D eigenvalue weighted by Gasteiger charge is 2.24. The van der Waals surface area contributed by atoms with Crippen molar-refractivity contribution in [2.24, 2.45) is 0 Å². The maximum absolute atomic E-state index is 13.7. The number of ketones is 1. The lowest BCUT2D eigenvalue weighted by Crippen LogP contribution is -2.10. The van der Waals surface area contributed by atoms with E-state index in [1.165, 1.54) is 0 Å². The predicted octanol–water partition coefficient (Wildman–Crippen LogP) is 5.85. The molecule has 5 heteroatoms. The number of aryl methyl sites for hydroxylation is 3. The molecule has 0 aliphatic heterocycles. The Morgan fingerprint density at radius 2 is 1.61 bits per heavy atom. The minimum Gasteiger partial charge on any atom is -0.303 e. The Hall–Kier alpha value is -3.99. The fraction of sp³-hybridized carbons (Fsp3) is 0.179. The molecule has 33 heavy (non-hydrogen) atoms. The molecule has 164 valence electrons. The molecule has 0 unspecified atom stereocenters. The maximum Gasteiger partial charge on any atom is 0.172 e. The van der Waals surface area contributed by atoms with Gasteiger partial charge < -0.3 is 4.40 Å². The number of imidazole rings is 1. The van der Waals surface area contributed by atoms with Crippen LogP contribution in [0.5, 0.6) is 0 Å². The SMILES string of the molecule is Cc1ccc2nc(-c3ccccc3C)c(CC(=O)c3c(C)nn(-c4ccccc4)c3C)n2c1. The van der Waals surface area contributed by atoms with Gasteiger partial charge in [0, 0.05) is 11.8 Å². The highest BCUT2D eigenvalue weighted by molar-refractivity contribution is 6.00. The van der Waals surface area contributed by atoms with Crippen LogP contribution in [0.25, 0.3) is 22.6 Å². The second-order valence-corrected chi connectivity index (χ2v) is 8.55. The lowest BCUT2D eigenvalue weighted by molar-refractivity contribution is 0.0990. The summed E-state index contributed by atoms with van der Waals surface area (Å²) in [5, 5.41) is 4.68. The van der Waals surface area contributed by atoms with Crippen molar-refractivity contribution in [3.63, 3.8) is 0 Å². The van der Waals surface area contributed by atoms with E-state index in [0.717, 1.165) is 50.8 Å². The van der Waals surface area contributed by atoms with Crippen molar-refractivity contribution in [3.8, 4) is 16.9 Å². The van der Waals surface area contributed by atoms with Gasteiger partial charge in [-0.1, -0.05) is 48.5 Å². The standard InChI is InChI=1S/C28H26N4O/c1-18-14-15-26-29-28(23-13-9-8-10-19(23)2)24(31(26)17-18)16-25(33)27-20(3)30-32(21(27)4)22-11-6-5-7-12-22/h5-15,17H,16H2,1-4H3. The number of hydrogen-bond donors (Lipinski definition) is 0. The molecule has 0 saturated heterocycles. The smallest absolute Gasteiger partial charge is 0.172 e. The number of pyridine rings is 1. The van der Waals surface area contributed by atoms with E-state index < -0.39 is 0 Å². The fourth-order valence-corrected chi connectivity index (χ4v) is 4.53. The third-order valence-electron chi connectivity index (χ3n) is 6.16. The fourth-order valence-electron chi connectivity index (χ4n) is 4.53. The van der Waals surface area contributed by atoms with Gasteiger partial charge >= 0.3 is 0 Å². The van der Waals surface area contributed by atoms with Gasteiger partial charge in [-0.2, -0.15) is 5.10 Å². The van der Waals surface area contributed by atoms with Crippen LogP contribution in [0.3, 0.4) is 0 Å². The minimum absolute atomic E-state index is 0.0466. The van der Waals surface area contributed by atoms with E-state index in [4.69, 9.17) is 4.98 Å². The molecule has 0 amide bonds. The molecule has 0 radical (unpaired) electrons. The molecule has 0 bridgehead atoms. The minimum atomic E-state index is 0.0466. The van der Waals surface area contributed by atoms with Crippen LogP contribution in [0.1, 0.15) is 38.6 Å². The first-order valence-electron chi connectivity index (χ1n) is 11.1. The Morgan fingerprint density at radius 1 is 0.879 bits per heavy atom. The first kappa shape index (κ1) is 20.9. The Balaban J connectivity index is 1.62. The Morgan fingerprint density at radius 3 is 2.36 bits per heavy atom. The predicted molar refractivity (Wildman–Crippen MR) is 131 cm³/mol. The number of carbonyl (C=O) groups excluding carboxylic acids is 1. The number of rotatable bonds is 5. The van der Waals surface area contributed by atoms with Crippen LogP contribution in [0.4, 0.5) is 0 Å². The van der Waals surface area contributed by atoms with Crippen LogP contribution in [-0.2, 0) is 6.42 Å². The van der Waals surface area contributed by atoms with E-state index in [9.17, 15) is 4.79 Å². The van der Waals surface area contributed by atoms with Gasteiger partial charge in [0.15, 0.2) is 5.78 Å². The number of aromatic nitrogens is 4. The summed E-state index contributed by atoms with van der Waals surface area (Å²) in [7, 11) is 0.